The quantitative estimate of drug-likeness (QED) is 0.0843. The number of sulfonamides is 1. The molecule has 1 amide bonds. The number of halogens is 9. The Hall–Kier alpha value is -5.27. The van der Waals surface area contributed by atoms with Crippen LogP contribution in [-0.2, 0) is 50.1 Å². The molecule has 2 aromatic carbocycles. The lowest BCUT2D eigenvalue weighted by Gasteiger charge is -2.23. The Labute approximate surface area is 365 Å². The highest BCUT2D eigenvalue weighted by Crippen LogP contribution is 2.68. The second-order valence-corrected chi connectivity index (χ2v) is 21.5. The SMILES string of the molecule is CC(C)(C#Cc1ccc(-c2ccc(Cl)c3c(NS(=O)(=O)C4CC4)nn(CC(F)F)c23)c([C@H](Cc2cc(F)cc(F)c2)NC(=O)Cn2nc(C(F)F)c3c2C(F)(F)C2C[C@H]32)n1)S(C)(=O)=O. The monoisotopic (exact) mass is 957 g/mol. The van der Waals surface area contributed by atoms with Gasteiger partial charge in [-0.25, -0.2) is 48.2 Å². The zero-order chi connectivity index (χ0) is 46.4. The van der Waals surface area contributed by atoms with Crippen molar-refractivity contribution in [3.8, 4) is 23.0 Å². The van der Waals surface area contributed by atoms with Crippen LogP contribution in [0.1, 0.15) is 85.4 Å². The molecule has 2 saturated carbocycles. The van der Waals surface area contributed by atoms with Crippen LogP contribution in [0.25, 0.3) is 22.0 Å². The third-order valence-corrected chi connectivity index (χ3v) is 15.6. The number of carbonyl (C=O) groups excluding carboxylic acids is 1. The van der Waals surface area contributed by atoms with Gasteiger partial charge in [0.15, 0.2) is 15.7 Å². The molecule has 3 atom stereocenters. The van der Waals surface area contributed by atoms with Gasteiger partial charge < -0.3 is 5.32 Å². The molecule has 3 heterocycles. The first-order chi connectivity index (χ1) is 29.9. The van der Waals surface area contributed by atoms with Gasteiger partial charge in [-0.15, -0.1) is 0 Å². The van der Waals surface area contributed by atoms with Gasteiger partial charge in [0, 0.05) is 34.9 Å². The van der Waals surface area contributed by atoms with Crippen molar-refractivity contribution in [2.45, 2.75) is 93.4 Å². The Morgan fingerprint density at radius 3 is 2.27 bits per heavy atom. The van der Waals surface area contributed by atoms with Crippen LogP contribution in [0.4, 0.5) is 40.9 Å². The first-order valence-corrected chi connectivity index (χ1v) is 23.4. The van der Waals surface area contributed by atoms with E-state index in [1.54, 1.807) is 0 Å². The summed E-state index contributed by atoms with van der Waals surface area (Å²) in [5, 5.41) is 9.50. The second-order valence-electron chi connectivity index (χ2n) is 16.5. The standard InChI is InChI=1S/C41H36ClF8N7O5S2/c1-40(2,63(3,59)60)11-10-22-4-7-24(25-8-9-28(42)33-36(25)56(17-30(45)46)54-39(33)55-64(61,62)23-5-6-23)34(51-22)29(14-19-12-20(43)15-21(44)13-19)52-31(58)18-57-37-32(35(53-57)38(47)48)26-16-27(26)41(37,49)50/h4,7-9,12-13,15,23,26-27,29-30,38H,5-6,14,16-18H2,1-3H3,(H,52,58)(H,54,55)/t26-,27?,29-/m0/s1. The predicted molar refractivity (Wildman–Crippen MR) is 218 cm³/mol. The molecule has 0 radical (unpaired) electrons. The first-order valence-electron chi connectivity index (χ1n) is 19.6. The van der Waals surface area contributed by atoms with Crippen molar-refractivity contribution in [2.75, 3.05) is 11.0 Å². The summed E-state index contributed by atoms with van der Waals surface area (Å²) in [6.07, 6.45) is -5.19. The Morgan fingerprint density at radius 1 is 0.969 bits per heavy atom. The third kappa shape index (κ3) is 8.53. The van der Waals surface area contributed by atoms with Gasteiger partial charge >= 0.3 is 0 Å². The van der Waals surface area contributed by atoms with Gasteiger partial charge in [0.1, 0.15) is 46.6 Å². The number of aromatic nitrogens is 5. The van der Waals surface area contributed by atoms with Crippen molar-refractivity contribution >= 4 is 54.1 Å². The van der Waals surface area contributed by atoms with E-state index in [4.69, 9.17) is 11.6 Å². The number of alkyl halides is 6. The summed E-state index contributed by atoms with van der Waals surface area (Å²) in [5.41, 5.74) is -2.62. The molecule has 3 aliphatic carbocycles. The van der Waals surface area contributed by atoms with Crippen molar-refractivity contribution in [2.24, 2.45) is 5.92 Å². The molecule has 0 aliphatic heterocycles. The number of nitrogens with zero attached hydrogens (tertiary/aromatic N) is 5. The molecule has 2 N–H and O–H groups in total. The fraction of sp³-hybridized carbons (Fsp3) is 0.415. The van der Waals surface area contributed by atoms with Crippen molar-refractivity contribution in [3.63, 3.8) is 0 Å². The zero-order valence-corrected chi connectivity index (χ0v) is 36.1. The minimum Gasteiger partial charge on any atom is -0.346 e. The summed E-state index contributed by atoms with van der Waals surface area (Å²) in [6, 6.07) is 6.26. The number of anilines is 1. The Bertz CT molecular complexity index is 3020. The number of rotatable bonds is 14. The molecular weight excluding hydrogens is 922 g/mol. The summed E-state index contributed by atoms with van der Waals surface area (Å²) in [5.74, 6) is -3.94. The first kappa shape index (κ1) is 45.3. The molecule has 3 aromatic heterocycles. The maximum atomic E-state index is 15.5. The molecule has 0 spiro atoms. The fourth-order valence-electron chi connectivity index (χ4n) is 7.91. The van der Waals surface area contributed by atoms with Gasteiger partial charge in [-0.3, -0.25) is 18.9 Å². The van der Waals surface area contributed by atoms with E-state index < -0.39 is 115 Å². The lowest BCUT2D eigenvalue weighted by atomic mass is 9.93. The minimum absolute atomic E-state index is 0.00429. The van der Waals surface area contributed by atoms with Crippen LogP contribution in [0, 0.1) is 29.4 Å². The Kier molecular flexibility index (Phi) is 11.3. The van der Waals surface area contributed by atoms with E-state index in [1.807, 2.05) is 0 Å². The van der Waals surface area contributed by atoms with Crippen LogP contribution in [0.2, 0.25) is 5.02 Å². The number of hydrogen-bond acceptors (Lipinski definition) is 8. The van der Waals surface area contributed by atoms with Gasteiger partial charge in [0.05, 0.1) is 32.9 Å². The number of carbonyl (C=O) groups is 1. The minimum atomic E-state index is -4.04. The van der Waals surface area contributed by atoms with Gasteiger partial charge in [0.25, 0.3) is 18.8 Å². The fourth-order valence-corrected chi connectivity index (χ4v) is 9.72. The molecule has 8 rings (SSSR count). The van der Waals surface area contributed by atoms with E-state index in [-0.39, 0.29) is 61.8 Å². The molecule has 340 valence electrons. The summed E-state index contributed by atoms with van der Waals surface area (Å²) >= 11 is 6.62. The number of amides is 1. The van der Waals surface area contributed by atoms with Crippen LogP contribution in [-0.4, -0.2) is 70.0 Å². The van der Waals surface area contributed by atoms with E-state index in [2.05, 4.69) is 37.1 Å². The highest BCUT2D eigenvalue weighted by molar-refractivity contribution is 7.93. The lowest BCUT2D eigenvalue weighted by Crippen LogP contribution is -2.35. The topological polar surface area (TPSA) is 158 Å². The maximum absolute atomic E-state index is 15.5. The Morgan fingerprint density at radius 2 is 1.64 bits per heavy atom. The summed E-state index contributed by atoms with van der Waals surface area (Å²) in [7, 11) is -7.83. The normalized spacial score (nSPS) is 18.5. The molecule has 64 heavy (non-hydrogen) atoms. The number of fused-ring (bicyclic) bond motifs is 4. The molecule has 2 fully saturated rings. The summed E-state index contributed by atoms with van der Waals surface area (Å²) < 4.78 is 170. The summed E-state index contributed by atoms with van der Waals surface area (Å²) in [4.78, 5) is 18.7. The number of sulfone groups is 1. The smallest absolute Gasteiger partial charge is 0.293 e. The van der Waals surface area contributed by atoms with Crippen molar-refractivity contribution in [3.05, 3.63) is 93.0 Å². The molecule has 1 unspecified atom stereocenters. The summed E-state index contributed by atoms with van der Waals surface area (Å²) in [6.45, 7) is 0.542. The van der Waals surface area contributed by atoms with Gasteiger partial charge in [0.2, 0.25) is 15.9 Å². The lowest BCUT2D eigenvalue weighted by molar-refractivity contribution is -0.123. The largest absolute Gasteiger partial charge is 0.346 e. The molecule has 12 nitrogen and oxygen atoms in total. The number of benzene rings is 2. The van der Waals surface area contributed by atoms with Crippen LogP contribution < -0.4 is 10.0 Å². The number of hydrogen-bond donors (Lipinski definition) is 2. The zero-order valence-electron chi connectivity index (χ0n) is 33.7. The average Bonchev–Trinajstić information content (AvgIpc) is 4.10. The molecule has 0 saturated heterocycles. The third-order valence-electron chi connectivity index (χ3n) is 11.5. The molecule has 23 heteroatoms. The van der Waals surface area contributed by atoms with Crippen molar-refractivity contribution in [1.29, 1.82) is 0 Å². The van der Waals surface area contributed by atoms with Crippen molar-refractivity contribution < 1.29 is 56.8 Å². The molecular formula is C41H36ClF8N7O5S2. The van der Waals surface area contributed by atoms with E-state index in [1.165, 1.54) is 38.1 Å². The highest BCUT2D eigenvalue weighted by atomic mass is 35.5. The number of pyridine rings is 1. The number of nitrogens with one attached hydrogen (secondary N) is 2. The van der Waals surface area contributed by atoms with Crippen LogP contribution in [0.15, 0.2) is 42.5 Å². The molecule has 0 bridgehead atoms. The van der Waals surface area contributed by atoms with Gasteiger partial charge in [-0.05, 0) is 87.3 Å². The second kappa shape index (κ2) is 16.0. The van der Waals surface area contributed by atoms with E-state index in [0.717, 1.165) is 23.1 Å². The van der Waals surface area contributed by atoms with Crippen LogP contribution >= 0.6 is 11.6 Å². The molecule has 3 aliphatic rings. The highest BCUT2D eigenvalue weighted by Gasteiger charge is 2.67. The van der Waals surface area contributed by atoms with Gasteiger partial charge in [-0.2, -0.15) is 19.0 Å². The van der Waals surface area contributed by atoms with E-state index >= 15 is 8.78 Å². The van der Waals surface area contributed by atoms with Crippen molar-refractivity contribution in [1.82, 2.24) is 29.9 Å². The molecule has 5 aromatic rings. The maximum Gasteiger partial charge on any atom is 0.293 e. The van der Waals surface area contributed by atoms with Crippen LogP contribution in [0.3, 0.4) is 0 Å². The Balaban J connectivity index is 1.31. The predicted octanol–water partition coefficient (Wildman–Crippen LogP) is 7.82. The van der Waals surface area contributed by atoms with Gasteiger partial charge in [-0.1, -0.05) is 23.6 Å². The van der Waals surface area contributed by atoms with E-state index in [9.17, 15) is 48.0 Å². The van der Waals surface area contributed by atoms with E-state index in [0.29, 0.717) is 23.6 Å². The average molecular weight is 958 g/mol. The van der Waals surface area contributed by atoms with Crippen LogP contribution in [0.5, 0.6) is 0 Å².